The largest absolute Gasteiger partial charge is 0.328 e. The Morgan fingerprint density at radius 2 is 2.05 bits per heavy atom. The van der Waals surface area contributed by atoms with Gasteiger partial charge in [0.25, 0.3) is 0 Å². The molecule has 0 atom stereocenters. The summed E-state index contributed by atoms with van der Waals surface area (Å²) in [6.07, 6.45) is 7.27. The minimum absolute atomic E-state index is 0.195. The summed E-state index contributed by atoms with van der Waals surface area (Å²) >= 11 is 5.88. The number of nitrogens with zero attached hydrogens (tertiary/aromatic N) is 2. The molecule has 2 aromatic rings. The van der Waals surface area contributed by atoms with Gasteiger partial charge >= 0.3 is 0 Å². The maximum Gasteiger partial charge on any atom is 0.125 e. The van der Waals surface area contributed by atoms with Crippen LogP contribution >= 0.6 is 11.6 Å². The Kier molecular flexibility index (Phi) is 4.25. The van der Waals surface area contributed by atoms with E-state index in [4.69, 9.17) is 11.6 Å². The number of halogens is 2. The van der Waals surface area contributed by atoms with E-state index in [1.54, 1.807) is 12.1 Å². The van der Waals surface area contributed by atoms with Gasteiger partial charge in [-0.3, -0.25) is 0 Å². The zero-order chi connectivity index (χ0) is 13.9. The number of aromatic nitrogens is 2. The van der Waals surface area contributed by atoms with Gasteiger partial charge in [0.05, 0.1) is 11.0 Å². The van der Waals surface area contributed by atoms with Gasteiger partial charge in [-0.25, -0.2) is 9.37 Å². The van der Waals surface area contributed by atoms with Crippen LogP contribution in [0.15, 0.2) is 18.2 Å². The summed E-state index contributed by atoms with van der Waals surface area (Å²) < 4.78 is 15.7. The molecule has 1 fully saturated rings. The van der Waals surface area contributed by atoms with Crippen LogP contribution in [-0.4, -0.2) is 15.4 Å². The van der Waals surface area contributed by atoms with E-state index in [1.165, 1.54) is 38.2 Å². The summed E-state index contributed by atoms with van der Waals surface area (Å²) in [6, 6.07) is 4.84. The fourth-order valence-electron chi connectivity index (χ4n) is 3.25. The van der Waals surface area contributed by atoms with E-state index in [-0.39, 0.29) is 5.82 Å². The Balaban J connectivity index is 1.96. The molecule has 1 aliphatic carbocycles. The summed E-state index contributed by atoms with van der Waals surface area (Å²) in [5.41, 5.74) is 1.79. The van der Waals surface area contributed by atoms with Gasteiger partial charge < -0.3 is 4.57 Å². The maximum atomic E-state index is 13.5. The van der Waals surface area contributed by atoms with Gasteiger partial charge in [-0.1, -0.05) is 19.3 Å². The minimum atomic E-state index is -0.195. The van der Waals surface area contributed by atoms with Crippen molar-refractivity contribution in [1.29, 1.82) is 0 Å². The number of rotatable bonds is 4. The van der Waals surface area contributed by atoms with Crippen LogP contribution in [0.3, 0.4) is 0 Å². The van der Waals surface area contributed by atoms with Crippen LogP contribution in [0.1, 0.15) is 37.9 Å². The van der Waals surface area contributed by atoms with Gasteiger partial charge in [0, 0.05) is 18.8 Å². The molecule has 0 N–H and O–H groups in total. The zero-order valence-electron chi connectivity index (χ0n) is 11.6. The fourth-order valence-corrected chi connectivity index (χ4v) is 3.42. The van der Waals surface area contributed by atoms with Crippen LogP contribution in [0.2, 0.25) is 0 Å². The summed E-state index contributed by atoms with van der Waals surface area (Å²) in [5.74, 6) is 2.04. The maximum absolute atomic E-state index is 13.5. The molecule has 0 spiro atoms. The topological polar surface area (TPSA) is 17.8 Å². The average molecular weight is 295 g/mol. The van der Waals surface area contributed by atoms with Gasteiger partial charge in [-0.15, -0.1) is 11.6 Å². The van der Waals surface area contributed by atoms with Crippen molar-refractivity contribution in [2.75, 3.05) is 5.88 Å². The highest BCUT2D eigenvalue weighted by molar-refractivity contribution is 6.17. The van der Waals surface area contributed by atoms with Gasteiger partial charge in [0.15, 0.2) is 0 Å². The zero-order valence-corrected chi connectivity index (χ0v) is 12.4. The van der Waals surface area contributed by atoms with Crippen molar-refractivity contribution in [3.8, 4) is 0 Å². The molecule has 0 amide bonds. The molecule has 0 aliphatic heterocycles. The first kappa shape index (κ1) is 13.9. The summed E-state index contributed by atoms with van der Waals surface area (Å²) in [5, 5.41) is 0. The molecule has 108 valence electrons. The highest BCUT2D eigenvalue weighted by atomic mass is 35.5. The molecule has 2 nitrogen and oxygen atoms in total. The lowest BCUT2D eigenvalue weighted by Crippen LogP contribution is -2.16. The Labute approximate surface area is 123 Å². The number of fused-ring (bicyclic) bond motifs is 1. The average Bonchev–Trinajstić information content (AvgIpc) is 2.78. The molecule has 1 heterocycles. The molecule has 0 unspecified atom stereocenters. The third kappa shape index (κ3) is 2.83. The molecule has 1 aromatic carbocycles. The van der Waals surface area contributed by atoms with E-state index in [0.29, 0.717) is 11.8 Å². The first-order chi connectivity index (χ1) is 9.78. The normalized spacial score (nSPS) is 16.9. The molecule has 1 aromatic heterocycles. The number of hydrogen-bond donors (Lipinski definition) is 0. The molecule has 0 saturated heterocycles. The smallest absolute Gasteiger partial charge is 0.125 e. The van der Waals surface area contributed by atoms with Gasteiger partial charge in [0.2, 0.25) is 0 Å². The number of imidazole rings is 1. The third-order valence-corrected chi connectivity index (χ3v) is 4.46. The molecule has 1 saturated carbocycles. The highest BCUT2D eigenvalue weighted by Crippen LogP contribution is 2.28. The summed E-state index contributed by atoms with van der Waals surface area (Å²) in [7, 11) is 0. The first-order valence-corrected chi connectivity index (χ1v) is 8.02. The molecule has 0 bridgehead atoms. The van der Waals surface area contributed by atoms with Crippen LogP contribution in [0.5, 0.6) is 0 Å². The summed E-state index contributed by atoms with van der Waals surface area (Å²) in [4.78, 5) is 4.62. The van der Waals surface area contributed by atoms with Crippen molar-refractivity contribution in [3.05, 3.63) is 29.8 Å². The van der Waals surface area contributed by atoms with Gasteiger partial charge in [-0.05, 0) is 37.0 Å². The number of alkyl halides is 1. The molecule has 20 heavy (non-hydrogen) atoms. The predicted molar refractivity (Wildman–Crippen MR) is 80.7 cm³/mol. The third-order valence-electron chi connectivity index (χ3n) is 4.27. The number of hydrogen-bond acceptors (Lipinski definition) is 1. The van der Waals surface area contributed by atoms with Gasteiger partial charge in [0.1, 0.15) is 11.6 Å². The lowest BCUT2D eigenvalue weighted by molar-refractivity contribution is 0.319. The van der Waals surface area contributed by atoms with Crippen molar-refractivity contribution in [2.45, 2.75) is 45.1 Å². The van der Waals surface area contributed by atoms with Crippen LogP contribution in [0.4, 0.5) is 4.39 Å². The van der Waals surface area contributed by atoms with Crippen molar-refractivity contribution in [1.82, 2.24) is 9.55 Å². The quantitative estimate of drug-likeness (QED) is 0.757. The van der Waals surface area contributed by atoms with Crippen LogP contribution in [-0.2, 0) is 13.0 Å². The van der Waals surface area contributed by atoms with Gasteiger partial charge in [-0.2, -0.15) is 0 Å². The van der Waals surface area contributed by atoms with E-state index in [9.17, 15) is 4.39 Å². The second-order valence-corrected chi connectivity index (χ2v) is 6.09. The lowest BCUT2D eigenvalue weighted by Gasteiger charge is -2.23. The molecular weight excluding hydrogens is 275 g/mol. The predicted octanol–water partition coefficient (Wildman–Crippen LogP) is 4.54. The second kappa shape index (κ2) is 6.13. The molecule has 4 heteroatoms. The van der Waals surface area contributed by atoms with Crippen LogP contribution in [0.25, 0.3) is 11.0 Å². The SMILES string of the molecule is Fc1ccc2nc(CCCl)n(CC3CCCCC3)c2c1. The van der Waals surface area contributed by atoms with Crippen molar-refractivity contribution in [3.63, 3.8) is 0 Å². The fraction of sp³-hybridized carbons (Fsp3) is 0.562. The molecular formula is C16H20ClFN2. The second-order valence-electron chi connectivity index (χ2n) is 5.71. The van der Waals surface area contributed by atoms with Crippen LogP contribution < -0.4 is 0 Å². The number of aryl methyl sites for hydroxylation is 1. The van der Waals surface area contributed by atoms with E-state index in [0.717, 1.165) is 29.8 Å². The van der Waals surface area contributed by atoms with Crippen molar-refractivity contribution in [2.24, 2.45) is 5.92 Å². The van der Waals surface area contributed by atoms with E-state index in [2.05, 4.69) is 9.55 Å². The van der Waals surface area contributed by atoms with E-state index >= 15 is 0 Å². The molecule has 0 radical (unpaired) electrons. The Hall–Kier alpha value is -1.09. The lowest BCUT2D eigenvalue weighted by atomic mass is 9.89. The standard InChI is InChI=1S/C16H20ClFN2/c17-9-8-16-19-14-7-6-13(18)10-15(14)20(16)11-12-4-2-1-3-5-12/h6-7,10,12H,1-5,8-9,11H2. The summed E-state index contributed by atoms with van der Waals surface area (Å²) in [6.45, 7) is 0.951. The van der Waals surface area contributed by atoms with Crippen LogP contribution in [0, 0.1) is 11.7 Å². The molecule has 1 aliphatic rings. The Morgan fingerprint density at radius 1 is 1.25 bits per heavy atom. The monoisotopic (exact) mass is 294 g/mol. The minimum Gasteiger partial charge on any atom is -0.328 e. The Bertz CT molecular complexity index is 587. The van der Waals surface area contributed by atoms with Crippen molar-refractivity contribution >= 4 is 22.6 Å². The van der Waals surface area contributed by atoms with E-state index in [1.807, 2.05) is 0 Å². The number of benzene rings is 1. The van der Waals surface area contributed by atoms with Crippen molar-refractivity contribution < 1.29 is 4.39 Å². The van der Waals surface area contributed by atoms with E-state index < -0.39 is 0 Å². The Morgan fingerprint density at radius 3 is 2.80 bits per heavy atom. The highest BCUT2D eigenvalue weighted by Gasteiger charge is 2.18. The molecule has 3 rings (SSSR count). The first-order valence-electron chi connectivity index (χ1n) is 7.48.